The van der Waals surface area contributed by atoms with Gasteiger partial charge in [0, 0.05) is 18.1 Å². The minimum atomic E-state index is 0.217. The Hall–Kier alpha value is -0.0800. The van der Waals surface area contributed by atoms with Crippen molar-refractivity contribution in [3.8, 4) is 0 Å². The van der Waals surface area contributed by atoms with Crippen molar-refractivity contribution < 1.29 is 0 Å². The number of hydrogen-bond acceptors (Lipinski definition) is 2. The summed E-state index contributed by atoms with van der Waals surface area (Å²) in [6, 6.07) is 1.26. The number of hydrogen-bond donors (Lipinski definition) is 1. The fourth-order valence-electron chi connectivity index (χ4n) is 2.33. The fourth-order valence-corrected chi connectivity index (χ4v) is 2.33. The Morgan fingerprint density at radius 1 is 1.21 bits per heavy atom. The molecule has 0 radical (unpaired) electrons. The summed E-state index contributed by atoms with van der Waals surface area (Å²) >= 11 is 0. The van der Waals surface area contributed by atoms with Crippen molar-refractivity contribution in [2.45, 2.75) is 66.1 Å². The summed E-state index contributed by atoms with van der Waals surface area (Å²) in [5.41, 5.74) is 6.32. The quantitative estimate of drug-likeness (QED) is 0.755. The molecule has 2 nitrogen and oxygen atoms in total. The third-order valence-electron chi connectivity index (χ3n) is 3.11. The van der Waals surface area contributed by atoms with E-state index in [0.29, 0.717) is 12.1 Å². The lowest BCUT2D eigenvalue weighted by Crippen LogP contribution is -2.54. The van der Waals surface area contributed by atoms with Crippen molar-refractivity contribution in [2.24, 2.45) is 11.1 Å². The molecule has 86 valence electrons. The van der Waals surface area contributed by atoms with E-state index in [1.807, 2.05) is 0 Å². The lowest BCUT2D eigenvalue weighted by molar-refractivity contribution is 0.0731. The number of likely N-dealkylation sites (N-methyl/N-ethyl adjacent to an activating group) is 1. The Morgan fingerprint density at radius 3 is 1.86 bits per heavy atom. The first-order chi connectivity index (χ1) is 6.21. The van der Waals surface area contributed by atoms with Gasteiger partial charge in [0.05, 0.1) is 0 Å². The van der Waals surface area contributed by atoms with Gasteiger partial charge in [-0.25, -0.2) is 0 Å². The molecule has 2 heteroatoms. The van der Waals surface area contributed by atoms with Crippen LogP contribution in [0.1, 0.15) is 48.0 Å². The predicted molar refractivity (Wildman–Crippen MR) is 64.4 cm³/mol. The van der Waals surface area contributed by atoms with Gasteiger partial charge < -0.3 is 5.73 Å². The number of rotatable bonds is 4. The molecule has 0 aliphatic rings. The Bertz CT molecular complexity index is 158. The molecule has 0 saturated carbocycles. The Kier molecular flexibility index (Phi) is 5.10. The molecule has 14 heavy (non-hydrogen) atoms. The van der Waals surface area contributed by atoms with Crippen LogP contribution in [0.5, 0.6) is 0 Å². The molecule has 0 aromatic rings. The van der Waals surface area contributed by atoms with Gasteiger partial charge in [-0.3, -0.25) is 4.90 Å². The molecule has 0 spiro atoms. The van der Waals surface area contributed by atoms with Crippen molar-refractivity contribution in [1.29, 1.82) is 0 Å². The maximum absolute atomic E-state index is 6.07. The highest BCUT2D eigenvalue weighted by Crippen LogP contribution is 2.27. The van der Waals surface area contributed by atoms with E-state index >= 15 is 0 Å². The Morgan fingerprint density at radius 2 is 1.64 bits per heavy atom. The monoisotopic (exact) mass is 200 g/mol. The van der Waals surface area contributed by atoms with Crippen molar-refractivity contribution in [3.63, 3.8) is 0 Å². The number of nitrogens with zero attached hydrogens (tertiary/aromatic N) is 1. The van der Waals surface area contributed by atoms with Crippen LogP contribution in [-0.2, 0) is 0 Å². The molecule has 0 aliphatic carbocycles. The zero-order valence-corrected chi connectivity index (χ0v) is 11.0. The van der Waals surface area contributed by atoms with Crippen molar-refractivity contribution in [3.05, 3.63) is 0 Å². The van der Waals surface area contributed by atoms with Gasteiger partial charge >= 0.3 is 0 Å². The van der Waals surface area contributed by atoms with E-state index in [2.05, 4.69) is 53.5 Å². The van der Waals surface area contributed by atoms with Crippen LogP contribution in [0.25, 0.3) is 0 Å². The molecule has 0 amide bonds. The van der Waals surface area contributed by atoms with Gasteiger partial charge in [-0.15, -0.1) is 0 Å². The Balaban J connectivity index is 4.67. The first-order valence-corrected chi connectivity index (χ1v) is 5.69. The second-order valence-corrected chi connectivity index (χ2v) is 5.59. The maximum atomic E-state index is 6.07. The smallest absolute Gasteiger partial charge is 0.0292 e. The molecule has 0 rings (SSSR count). The van der Waals surface area contributed by atoms with E-state index in [4.69, 9.17) is 5.73 Å². The predicted octanol–water partition coefficient (Wildman–Crippen LogP) is 2.48. The van der Waals surface area contributed by atoms with Crippen LogP contribution in [0.2, 0.25) is 0 Å². The lowest BCUT2D eigenvalue weighted by atomic mass is 9.81. The van der Waals surface area contributed by atoms with E-state index in [0.717, 1.165) is 0 Å². The molecule has 0 saturated heterocycles. The molecule has 0 aromatic carbocycles. The summed E-state index contributed by atoms with van der Waals surface area (Å²) in [5.74, 6) is 0. The molecule has 0 fully saturated rings. The van der Waals surface area contributed by atoms with Gasteiger partial charge in [0.15, 0.2) is 0 Å². The molecule has 0 heterocycles. The first-order valence-electron chi connectivity index (χ1n) is 5.69. The van der Waals surface area contributed by atoms with Crippen LogP contribution in [-0.4, -0.2) is 30.1 Å². The summed E-state index contributed by atoms with van der Waals surface area (Å²) in [5, 5.41) is 0. The molecular formula is C12H28N2. The highest BCUT2D eigenvalue weighted by Gasteiger charge is 2.32. The summed E-state index contributed by atoms with van der Waals surface area (Å²) in [6.45, 7) is 13.4. The van der Waals surface area contributed by atoms with Crippen molar-refractivity contribution in [2.75, 3.05) is 7.05 Å². The van der Waals surface area contributed by atoms with E-state index < -0.39 is 0 Å². The van der Waals surface area contributed by atoms with Crippen LogP contribution >= 0.6 is 0 Å². The molecule has 2 N–H and O–H groups in total. The van der Waals surface area contributed by atoms with E-state index in [-0.39, 0.29) is 11.5 Å². The van der Waals surface area contributed by atoms with Crippen molar-refractivity contribution >= 4 is 0 Å². The van der Waals surface area contributed by atoms with Gasteiger partial charge in [-0.2, -0.15) is 0 Å². The topological polar surface area (TPSA) is 29.3 Å². The Labute approximate surface area is 89.9 Å². The van der Waals surface area contributed by atoms with E-state index in [1.54, 1.807) is 0 Å². The van der Waals surface area contributed by atoms with Gasteiger partial charge in [-0.05, 0) is 32.7 Å². The van der Waals surface area contributed by atoms with Crippen LogP contribution in [0, 0.1) is 5.41 Å². The molecular weight excluding hydrogens is 172 g/mol. The highest BCUT2D eigenvalue weighted by molar-refractivity contribution is 4.89. The summed E-state index contributed by atoms with van der Waals surface area (Å²) in [6.07, 6.45) is 1.18. The van der Waals surface area contributed by atoms with Crippen molar-refractivity contribution in [1.82, 2.24) is 4.90 Å². The minimum absolute atomic E-state index is 0.217. The zero-order valence-electron chi connectivity index (χ0n) is 11.0. The van der Waals surface area contributed by atoms with Crippen LogP contribution < -0.4 is 5.73 Å². The zero-order chi connectivity index (χ0) is 11.5. The highest BCUT2D eigenvalue weighted by atomic mass is 15.2. The van der Waals surface area contributed by atoms with Crippen LogP contribution in [0.4, 0.5) is 0 Å². The normalized spacial score (nSPS) is 19.5. The standard InChI is InChI=1S/C12H28N2/c1-8-9(2)14(7)11(10(3)13)12(4,5)6/h9-11H,8,13H2,1-7H3. The van der Waals surface area contributed by atoms with Gasteiger partial charge in [0.25, 0.3) is 0 Å². The first kappa shape index (κ1) is 13.9. The van der Waals surface area contributed by atoms with Crippen LogP contribution in [0.15, 0.2) is 0 Å². The maximum Gasteiger partial charge on any atom is 0.0292 e. The lowest BCUT2D eigenvalue weighted by Gasteiger charge is -2.43. The summed E-state index contributed by atoms with van der Waals surface area (Å²) in [7, 11) is 2.19. The van der Waals surface area contributed by atoms with E-state index in [9.17, 15) is 0 Å². The number of nitrogens with two attached hydrogens (primary N) is 1. The average molecular weight is 200 g/mol. The van der Waals surface area contributed by atoms with E-state index in [1.165, 1.54) is 6.42 Å². The summed E-state index contributed by atoms with van der Waals surface area (Å²) in [4.78, 5) is 2.42. The van der Waals surface area contributed by atoms with Gasteiger partial charge in [-0.1, -0.05) is 27.7 Å². The SMILES string of the molecule is CCC(C)N(C)C(C(C)N)C(C)(C)C. The second-order valence-electron chi connectivity index (χ2n) is 5.59. The molecule has 3 unspecified atom stereocenters. The fraction of sp³-hybridized carbons (Fsp3) is 1.00. The second kappa shape index (κ2) is 5.13. The molecule has 0 aromatic heterocycles. The van der Waals surface area contributed by atoms with Crippen LogP contribution in [0.3, 0.4) is 0 Å². The molecule has 0 aliphatic heterocycles. The largest absolute Gasteiger partial charge is 0.327 e. The minimum Gasteiger partial charge on any atom is -0.327 e. The van der Waals surface area contributed by atoms with Gasteiger partial charge in [0.1, 0.15) is 0 Å². The summed E-state index contributed by atoms with van der Waals surface area (Å²) < 4.78 is 0. The molecule has 3 atom stereocenters. The third-order valence-corrected chi connectivity index (χ3v) is 3.11. The average Bonchev–Trinajstić information content (AvgIpc) is 1.99. The van der Waals surface area contributed by atoms with Gasteiger partial charge in [0.2, 0.25) is 0 Å². The third kappa shape index (κ3) is 3.58. The molecule has 0 bridgehead atoms.